The van der Waals surface area contributed by atoms with Crippen LogP contribution >= 0.6 is 0 Å². The van der Waals surface area contributed by atoms with Gasteiger partial charge in [-0.25, -0.2) is 18.7 Å². The van der Waals surface area contributed by atoms with E-state index < -0.39 is 24.0 Å². The largest absolute Gasteiger partial charge is 0.512 e. The highest BCUT2D eigenvalue weighted by atomic mass is 19.1. The SMILES string of the molecule is COc1cc(CO)c(F)cc1CCC1(C2CCCC2)CC(O)=C(Cc2nc3nc(C)cc(C)n3n2)C(=O)O1. The molecule has 10 heteroatoms. The molecule has 1 unspecified atom stereocenters. The molecule has 1 aliphatic carbocycles. The highest BCUT2D eigenvalue weighted by Gasteiger charge is 2.48. The number of esters is 1. The van der Waals surface area contributed by atoms with E-state index in [0.29, 0.717) is 35.8 Å². The van der Waals surface area contributed by atoms with Crippen molar-refractivity contribution >= 4 is 11.7 Å². The van der Waals surface area contributed by atoms with Crippen LogP contribution in [0, 0.1) is 25.6 Å². The highest BCUT2D eigenvalue weighted by molar-refractivity contribution is 5.90. The number of nitrogens with zero attached hydrogens (tertiary/aromatic N) is 4. The number of aliphatic hydroxyl groups excluding tert-OH is 2. The molecule has 0 spiro atoms. The summed E-state index contributed by atoms with van der Waals surface area (Å²) in [5.74, 6) is 0.278. The zero-order chi connectivity index (χ0) is 27.0. The molecule has 1 aliphatic heterocycles. The summed E-state index contributed by atoms with van der Waals surface area (Å²) in [6.07, 6.45) is 4.85. The zero-order valence-corrected chi connectivity index (χ0v) is 22.0. The van der Waals surface area contributed by atoms with E-state index in [4.69, 9.17) is 9.47 Å². The van der Waals surface area contributed by atoms with Gasteiger partial charge in [0.2, 0.25) is 0 Å². The molecule has 38 heavy (non-hydrogen) atoms. The average molecular weight is 525 g/mol. The normalized spacial score (nSPS) is 20.4. The van der Waals surface area contributed by atoms with Gasteiger partial charge in [0, 0.05) is 29.8 Å². The van der Waals surface area contributed by atoms with Gasteiger partial charge in [-0.2, -0.15) is 4.98 Å². The third-order valence-electron chi connectivity index (χ3n) is 7.89. The summed E-state index contributed by atoms with van der Waals surface area (Å²) in [4.78, 5) is 22.2. The first-order valence-corrected chi connectivity index (χ1v) is 13.0. The fourth-order valence-electron chi connectivity index (χ4n) is 5.92. The minimum Gasteiger partial charge on any atom is -0.512 e. The van der Waals surface area contributed by atoms with Crippen LogP contribution < -0.4 is 4.74 Å². The second-order valence-electron chi connectivity index (χ2n) is 10.4. The van der Waals surface area contributed by atoms with E-state index in [1.165, 1.54) is 19.2 Å². The van der Waals surface area contributed by atoms with Crippen LogP contribution in [0.4, 0.5) is 4.39 Å². The molecule has 2 aliphatic rings. The number of fused-ring (bicyclic) bond motifs is 1. The number of ether oxygens (including phenoxy) is 2. The van der Waals surface area contributed by atoms with Crippen molar-refractivity contribution in [2.24, 2.45) is 5.92 Å². The molecule has 3 heterocycles. The molecule has 0 radical (unpaired) electrons. The lowest BCUT2D eigenvalue weighted by Gasteiger charge is -2.42. The summed E-state index contributed by atoms with van der Waals surface area (Å²) in [5.41, 5.74) is 1.72. The minimum absolute atomic E-state index is 0.0124. The van der Waals surface area contributed by atoms with Crippen LogP contribution in [0.5, 0.6) is 5.75 Å². The Labute approximate surface area is 220 Å². The fraction of sp³-hybridized carbons (Fsp3) is 0.500. The zero-order valence-electron chi connectivity index (χ0n) is 22.0. The number of aryl methyl sites for hydroxylation is 3. The maximum absolute atomic E-state index is 14.5. The molecule has 1 fully saturated rings. The number of aromatic nitrogens is 4. The fourth-order valence-corrected chi connectivity index (χ4v) is 5.92. The van der Waals surface area contributed by atoms with Gasteiger partial charge in [0.25, 0.3) is 5.78 Å². The van der Waals surface area contributed by atoms with Crippen molar-refractivity contribution in [3.8, 4) is 5.75 Å². The van der Waals surface area contributed by atoms with E-state index in [0.717, 1.165) is 37.1 Å². The number of cyclic esters (lactones) is 1. The number of rotatable bonds is 8. The van der Waals surface area contributed by atoms with Crippen molar-refractivity contribution in [1.29, 1.82) is 0 Å². The number of carbonyl (C=O) groups is 1. The third kappa shape index (κ3) is 4.84. The standard InChI is InChI=1S/C28H33FN4O5/c1-16-10-17(2)33-27(30-16)31-25(32-33)13-21-23(35)14-28(38-26(21)36,20-6-4-5-7-20)9-8-18-11-22(29)19(15-34)12-24(18)37-3/h10-12,20,34-35H,4-9,13-15H2,1-3H3. The summed E-state index contributed by atoms with van der Waals surface area (Å²) in [6, 6.07) is 4.76. The Morgan fingerprint density at radius 1 is 1.18 bits per heavy atom. The van der Waals surface area contributed by atoms with E-state index in [9.17, 15) is 19.4 Å². The van der Waals surface area contributed by atoms with E-state index >= 15 is 0 Å². The predicted molar refractivity (Wildman–Crippen MR) is 136 cm³/mol. The summed E-state index contributed by atoms with van der Waals surface area (Å²) in [5, 5.41) is 25.0. The van der Waals surface area contributed by atoms with Crippen molar-refractivity contribution in [2.45, 2.75) is 77.4 Å². The smallest absolute Gasteiger partial charge is 0.338 e. The number of carbonyl (C=O) groups excluding carboxylic acids is 1. The van der Waals surface area contributed by atoms with Crippen LogP contribution in [-0.4, -0.2) is 48.5 Å². The Kier molecular flexibility index (Phi) is 7.09. The number of benzene rings is 1. The Morgan fingerprint density at radius 2 is 1.95 bits per heavy atom. The molecule has 202 valence electrons. The van der Waals surface area contributed by atoms with Gasteiger partial charge in [0.05, 0.1) is 19.3 Å². The van der Waals surface area contributed by atoms with Gasteiger partial charge in [-0.05, 0) is 69.2 Å². The van der Waals surface area contributed by atoms with Crippen LogP contribution in [0.15, 0.2) is 29.5 Å². The van der Waals surface area contributed by atoms with Crippen molar-refractivity contribution in [3.05, 3.63) is 63.7 Å². The molecule has 3 aromatic rings. The van der Waals surface area contributed by atoms with Crippen LogP contribution in [-0.2, 0) is 29.0 Å². The van der Waals surface area contributed by atoms with Crippen LogP contribution in [0.3, 0.4) is 0 Å². The number of hydrogen-bond acceptors (Lipinski definition) is 8. The molecule has 1 saturated carbocycles. The van der Waals surface area contributed by atoms with E-state index in [-0.39, 0.29) is 35.7 Å². The number of halogens is 1. The van der Waals surface area contributed by atoms with E-state index in [1.54, 1.807) is 4.52 Å². The Bertz CT molecular complexity index is 1410. The Morgan fingerprint density at radius 3 is 2.63 bits per heavy atom. The molecule has 2 N–H and O–H groups in total. The number of hydrogen-bond donors (Lipinski definition) is 2. The van der Waals surface area contributed by atoms with Crippen molar-refractivity contribution in [1.82, 2.24) is 19.6 Å². The Balaban J connectivity index is 1.42. The summed E-state index contributed by atoms with van der Waals surface area (Å²) >= 11 is 0. The topological polar surface area (TPSA) is 119 Å². The average Bonchev–Trinajstić information content (AvgIpc) is 3.56. The van der Waals surface area contributed by atoms with Crippen molar-refractivity contribution in [3.63, 3.8) is 0 Å². The van der Waals surface area contributed by atoms with Gasteiger partial charge in [0.1, 0.15) is 22.9 Å². The minimum atomic E-state index is -0.903. The number of methoxy groups -OCH3 is 1. The van der Waals surface area contributed by atoms with Gasteiger partial charge >= 0.3 is 5.97 Å². The molecule has 0 bridgehead atoms. The third-order valence-corrected chi connectivity index (χ3v) is 7.89. The molecular weight excluding hydrogens is 491 g/mol. The predicted octanol–water partition coefficient (Wildman–Crippen LogP) is 4.24. The van der Waals surface area contributed by atoms with Crippen molar-refractivity contribution in [2.75, 3.05) is 7.11 Å². The number of aliphatic hydroxyl groups is 2. The lowest BCUT2D eigenvalue weighted by Crippen LogP contribution is -2.46. The van der Waals surface area contributed by atoms with Crippen molar-refractivity contribution < 1.29 is 28.9 Å². The summed E-state index contributed by atoms with van der Waals surface area (Å²) in [6.45, 7) is 3.35. The monoisotopic (exact) mass is 524 g/mol. The highest BCUT2D eigenvalue weighted by Crippen LogP contribution is 2.46. The quantitative estimate of drug-likeness (QED) is 0.420. The summed E-state index contributed by atoms with van der Waals surface area (Å²) in [7, 11) is 1.50. The van der Waals surface area contributed by atoms with E-state index in [2.05, 4.69) is 15.1 Å². The first-order chi connectivity index (χ1) is 18.2. The van der Waals surface area contributed by atoms with E-state index in [1.807, 2.05) is 19.9 Å². The molecule has 0 saturated heterocycles. The molecule has 5 rings (SSSR count). The van der Waals surface area contributed by atoms with Gasteiger partial charge in [-0.15, -0.1) is 5.10 Å². The molecule has 1 atom stereocenters. The Hall–Kier alpha value is -3.53. The van der Waals surface area contributed by atoms with Gasteiger partial charge < -0.3 is 19.7 Å². The van der Waals surface area contributed by atoms with Crippen LogP contribution in [0.1, 0.15) is 66.9 Å². The second-order valence-corrected chi connectivity index (χ2v) is 10.4. The summed E-state index contributed by atoms with van der Waals surface area (Å²) < 4.78 is 27.7. The van der Waals surface area contributed by atoms with Gasteiger partial charge in [-0.1, -0.05) is 12.8 Å². The van der Waals surface area contributed by atoms with Crippen LogP contribution in [0.2, 0.25) is 0 Å². The first kappa shape index (κ1) is 26.1. The lowest BCUT2D eigenvalue weighted by molar-refractivity contribution is -0.167. The molecule has 9 nitrogen and oxygen atoms in total. The van der Waals surface area contributed by atoms with Gasteiger partial charge in [0.15, 0.2) is 5.82 Å². The van der Waals surface area contributed by atoms with Crippen LogP contribution in [0.25, 0.3) is 5.78 Å². The molecule has 0 amide bonds. The van der Waals surface area contributed by atoms with Gasteiger partial charge in [-0.3, -0.25) is 0 Å². The lowest BCUT2D eigenvalue weighted by atomic mass is 9.76. The maximum atomic E-state index is 14.5. The first-order valence-electron chi connectivity index (χ1n) is 13.0. The molecular formula is C28H33FN4O5. The maximum Gasteiger partial charge on any atom is 0.338 e. The molecule has 1 aromatic carbocycles. The second kappa shape index (κ2) is 10.3. The molecule has 2 aromatic heterocycles.